The van der Waals surface area contributed by atoms with Crippen LogP contribution >= 0.6 is 0 Å². The van der Waals surface area contributed by atoms with Crippen LogP contribution in [0.1, 0.15) is 29.5 Å². The maximum atomic E-state index is 12.0. The molecule has 1 aliphatic rings. The van der Waals surface area contributed by atoms with E-state index in [1.54, 1.807) is 36.4 Å². The van der Waals surface area contributed by atoms with Crippen LogP contribution in [0.5, 0.6) is 0 Å². The van der Waals surface area contributed by atoms with Crippen LogP contribution in [0.15, 0.2) is 46.9 Å². The summed E-state index contributed by atoms with van der Waals surface area (Å²) in [5.74, 6) is -0.0675. The van der Waals surface area contributed by atoms with Gasteiger partial charge in [0.25, 0.3) is 0 Å². The van der Waals surface area contributed by atoms with Gasteiger partial charge in [0.15, 0.2) is 9.84 Å². The summed E-state index contributed by atoms with van der Waals surface area (Å²) in [6.07, 6.45) is 4.62. The van der Waals surface area contributed by atoms with Crippen molar-refractivity contribution in [3.8, 4) is 17.2 Å². The Morgan fingerprint density at radius 1 is 1.19 bits per heavy atom. The molecule has 138 valence electrons. The van der Waals surface area contributed by atoms with Gasteiger partial charge in [0.05, 0.1) is 16.5 Å². The highest BCUT2D eigenvalue weighted by molar-refractivity contribution is 7.90. The van der Waals surface area contributed by atoms with E-state index in [1.807, 2.05) is 13.0 Å². The van der Waals surface area contributed by atoms with Crippen molar-refractivity contribution in [1.82, 2.24) is 5.32 Å². The van der Waals surface area contributed by atoms with Gasteiger partial charge in [0.1, 0.15) is 0 Å². The van der Waals surface area contributed by atoms with Crippen molar-refractivity contribution >= 4 is 21.8 Å². The Labute approximate surface area is 159 Å². The molecule has 1 N–H and O–H groups in total. The zero-order valence-corrected chi connectivity index (χ0v) is 16.1. The van der Waals surface area contributed by atoms with E-state index in [2.05, 4.69) is 11.4 Å². The van der Waals surface area contributed by atoms with Crippen molar-refractivity contribution < 1.29 is 13.2 Å². The topological polar surface area (TPSA) is 87.0 Å². The molecule has 1 heterocycles. The highest BCUT2D eigenvalue weighted by Gasteiger charge is 2.16. The fourth-order valence-electron chi connectivity index (χ4n) is 3.17. The van der Waals surface area contributed by atoms with Gasteiger partial charge in [-0.3, -0.25) is 4.79 Å². The van der Waals surface area contributed by atoms with Crippen molar-refractivity contribution in [3.05, 3.63) is 58.7 Å². The first kappa shape index (κ1) is 18.9. The molecule has 0 aromatic heterocycles. The van der Waals surface area contributed by atoms with Gasteiger partial charge in [0.2, 0.25) is 5.91 Å². The second-order valence-electron chi connectivity index (χ2n) is 6.68. The highest BCUT2D eigenvalue weighted by Crippen LogP contribution is 2.30. The van der Waals surface area contributed by atoms with Gasteiger partial charge < -0.3 is 5.32 Å². The summed E-state index contributed by atoms with van der Waals surface area (Å²) in [6, 6.07) is 12.3. The summed E-state index contributed by atoms with van der Waals surface area (Å²) in [7, 11) is -3.26. The van der Waals surface area contributed by atoms with E-state index >= 15 is 0 Å². The number of hydrogen-bond donors (Lipinski definition) is 1. The van der Waals surface area contributed by atoms with Crippen molar-refractivity contribution in [2.24, 2.45) is 0 Å². The molecule has 1 saturated heterocycles. The summed E-state index contributed by atoms with van der Waals surface area (Å²) in [5.41, 5.74) is 4.63. The molecule has 0 aliphatic carbocycles. The van der Waals surface area contributed by atoms with E-state index in [0.717, 1.165) is 28.7 Å². The Bertz CT molecular complexity index is 1080. The molecule has 0 bridgehead atoms. The van der Waals surface area contributed by atoms with Crippen LogP contribution in [0.25, 0.3) is 17.2 Å². The normalized spacial score (nSPS) is 16.0. The van der Waals surface area contributed by atoms with E-state index in [-0.39, 0.29) is 10.8 Å². The smallest absolute Gasteiger partial charge is 0.247 e. The summed E-state index contributed by atoms with van der Waals surface area (Å²) in [5, 5.41) is 12.2. The van der Waals surface area contributed by atoms with E-state index in [1.165, 1.54) is 6.26 Å². The maximum absolute atomic E-state index is 12.0. The zero-order valence-electron chi connectivity index (χ0n) is 15.2. The first-order valence-electron chi connectivity index (χ1n) is 8.63. The van der Waals surface area contributed by atoms with E-state index in [4.69, 9.17) is 0 Å². The van der Waals surface area contributed by atoms with Crippen LogP contribution in [0.3, 0.4) is 0 Å². The Morgan fingerprint density at radius 2 is 1.89 bits per heavy atom. The molecule has 1 fully saturated rings. The summed E-state index contributed by atoms with van der Waals surface area (Å²) < 4.78 is 23.3. The standard InChI is InChI=1S/C21H20N2O3S/c1-14-18(12-17-4-3-9-23-21(17)24)10-15(13-22)11-20(14)16-5-7-19(8-6-16)27(2,25)26/h5-8,10-12H,3-4,9H2,1-2H3,(H,23,24)/b17-12+. The van der Waals surface area contributed by atoms with Crippen LogP contribution in [0, 0.1) is 18.3 Å². The number of carbonyl (C=O) groups is 1. The predicted molar refractivity (Wildman–Crippen MR) is 105 cm³/mol. The van der Waals surface area contributed by atoms with E-state index in [9.17, 15) is 18.5 Å². The third kappa shape index (κ3) is 4.09. The lowest BCUT2D eigenvalue weighted by Gasteiger charge is -2.16. The Morgan fingerprint density at radius 3 is 2.48 bits per heavy atom. The molecule has 5 nitrogen and oxygen atoms in total. The number of amides is 1. The number of nitrogens with one attached hydrogen (secondary N) is 1. The predicted octanol–water partition coefficient (Wildman–Crippen LogP) is 3.23. The van der Waals surface area contributed by atoms with Crippen molar-refractivity contribution in [1.29, 1.82) is 5.26 Å². The number of carbonyl (C=O) groups excluding carboxylic acids is 1. The molecular formula is C21H20N2O3S. The van der Waals surface area contributed by atoms with Gasteiger partial charge >= 0.3 is 0 Å². The fourth-order valence-corrected chi connectivity index (χ4v) is 3.80. The van der Waals surface area contributed by atoms with Crippen LogP contribution in [0.4, 0.5) is 0 Å². The number of sulfone groups is 1. The SMILES string of the molecule is Cc1c(/C=C2\CCCNC2=O)cc(C#N)cc1-c1ccc(S(C)(=O)=O)cc1. The van der Waals surface area contributed by atoms with Crippen LogP contribution < -0.4 is 5.32 Å². The number of benzene rings is 2. The number of nitrogens with zero attached hydrogens (tertiary/aromatic N) is 1. The minimum Gasteiger partial charge on any atom is -0.352 e. The van der Waals surface area contributed by atoms with Gasteiger partial charge in [-0.25, -0.2) is 8.42 Å². The van der Waals surface area contributed by atoms with Crippen LogP contribution in [-0.4, -0.2) is 27.1 Å². The Balaban J connectivity index is 2.10. The molecule has 0 saturated carbocycles. The molecule has 6 heteroatoms. The lowest BCUT2D eigenvalue weighted by molar-refractivity contribution is -0.118. The van der Waals surface area contributed by atoms with Gasteiger partial charge in [-0.05, 0) is 72.4 Å². The number of hydrogen-bond acceptors (Lipinski definition) is 4. The third-order valence-electron chi connectivity index (χ3n) is 4.70. The molecule has 0 radical (unpaired) electrons. The minimum atomic E-state index is -3.26. The van der Waals surface area contributed by atoms with Crippen LogP contribution in [-0.2, 0) is 14.6 Å². The first-order valence-corrected chi connectivity index (χ1v) is 10.5. The van der Waals surface area contributed by atoms with E-state index in [0.29, 0.717) is 24.1 Å². The number of rotatable bonds is 3. The third-order valence-corrected chi connectivity index (χ3v) is 5.83. The first-order chi connectivity index (χ1) is 12.8. The van der Waals surface area contributed by atoms with Crippen molar-refractivity contribution in [2.75, 3.05) is 12.8 Å². The maximum Gasteiger partial charge on any atom is 0.247 e. The summed E-state index contributed by atoms with van der Waals surface area (Å²) in [4.78, 5) is 12.3. The zero-order chi connectivity index (χ0) is 19.6. The lowest BCUT2D eigenvalue weighted by atomic mass is 9.92. The second-order valence-corrected chi connectivity index (χ2v) is 8.69. The summed E-state index contributed by atoms with van der Waals surface area (Å²) >= 11 is 0. The van der Waals surface area contributed by atoms with Crippen molar-refractivity contribution in [2.45, 2.75) is 24.7 Å². The number of piperidine rings is 1. The Hall–Kier alpha value is -2.91. The molecule has 0 atom stereocenters. The second kappa shape index (κ2) is 7.37. The van der Waals surface area contributed by atoms with Gasteiger partial charge in [-0.1, -0.05) is 12.1 Å². The van der Waals surface area contributed by atoms with E-state index < -0.39 is 9.84 Å². The average Bonchev–Trinajstić information content (AvgIpc) is 2.64. The van der Waals surface area contributed by atoms with Gasteiger partial charge in [-0.2, -0.15) is 5.26 Å². The minimum absolute atomic E-state index is 0.0675. The average molecular weight is 380 g/mol. The quantitative estimate of drug-likeness (QED) is 0.828. The Kier molecular flexibility index (Phi) is 5.15. The fraction of sp³-hybridized carbons (Fsp3) is 0.238. The molecule has 3 rings (SSSR count). The highest BCUT2D eigenvalue weighted by atomic mass is 32.2. The molecule has 2 aromatic carbocycles. The van der Waals surface area contributed by atoms with Crippen molar-refractivity contribution in [3.63, 3.8) is 0 Å². The molecule has 0 unspecified atom stereocenters. The largest absolute Gasteiger partial charge is 0.352 e. The molecular weight excluding hydrogens is 360 g/mol. The monoisotopic (exact) mass is 380 g/mol. The molecule has 1 amide bonds. The molecule has 1 aliphatic heterocycles. The molecule has 27 heavy (non-hydrogen) atoms. The van der Waals surface area contributed by atoms with Gasteiger partial charge in [0, 0.05) is 18.4 Å². The van der Waals surface area contributed by atoms with Gasteiger partial charge in [-0.15, -0.1) is 0 Å². The number of nitriles is 1. The molecule has 2 aromatic rings. The summed E-state index contributed by atoms with van der Waals surface area (Å²) in [6.45, 7) is 2.62. The lowest BCUT2D eigenvalue weighted by Crippen LogP contribution is -2.30. The van der Waals surface area contributed by atoms with Crippen LogP contribution in [0.2, 0.25) is 0 Å². The molecule has 0 spiro atoms.